The lowest BCUT2D eigenvalue weighted by molar-refractivity contribution is 1.26. The second kappa shape index (κ2) is 4.74. The first-order chi connectivity index (χ1) is 5.25. The second-order valence-corrected chi connectivity index (χ2v) is 3.69. The maximum absolute atomic E-state index is 4.35. The molecule has 0 spiro atoms. The van der Waals surface area contributed by atoms with Gasteiger partial charge in [0.25, 0.3) is 0 Å². The van der Waals surface area contributed by atoms with Gasteiger partial charge in [-0.15, -0.1) is 24.8 Å². The fraction of sp³-hybridized carbons (Fsp3) is 0.250. The van der Waals surface area contributed by atoms with Crippen LogP contribution >= 0.6 is 36.2 Å². The predicted molar refractivity (Wildman–Crippen MR) is 61.4 cm³/mol. The maximum atomic E-state index is 4.35. The molecule has 72 valence electrons. The average molecular weight is 237 g/mol. The summed E-state index contributed by atoms with van der Waals surface area (Å²) in [6.45, 7) is 4.00. The minimum absolute atomic E-state index is 0. The molecule has 0 saturated carbocycles. The van der Waals surface area contributed by atoms with E-state index in [1.807, 2.05) is 26.0 Å². The van der Waals surface area contributed by atoms with Crippen molar-refractivity contribution < 1.29 is 0 Å². The number of rotatable bonds is 0. The summed E-state index contributed by atoms with van der Waals surface area (Å²) in [5.41, 5.74) is 2.07. The molecule has 2 aromatic rings. The van der Waals surface area contributed by atoms with Gasteiger partial charge in [-0.1, -0.05) is 11.3 Å². The molecule has 13 heavy (non-hydrogen) atoms. The van der Waals surface area contributed by atoms with E-state index >= 15 is 0 Å². The molecule has 2 rings (SSSR count). The van der Waals surface area contributed by atoms with Crippen LogP contribution in [0.15, 0.2) is 12.1 Å². The van der Waals surface area contributed by atoms with Crippen molar-refractivity contribution >= 4 is 46.5 Å². The Morgan fingerprint density at radius 3 is 2.46 bits per heavy atom. The molecule has 0 amide bonds. The largest absolute Gasteiger partial charge is 0.241 e. The Hall–Kier alpha value is -0.380. The van der Waals surface area contributed by atoms with Gasteiger partial charge in [-0.2, -0.15) is 0 Å². The molecule has 0 radical (unpaired) electrons. The molecule has 0 aliphatic rings. The molecule has 0 atom stereocenters. The minimum Gasteiger partial charge on any atom is -0.241 e. The van der Waals surface area contributed by atoms with E-state index in [0.717, 1.165) is 21.0 Å². The third-order valence-electron chi connectivity index (χ3n) is 1.50. The summed E-state index contributed by atoms with van der Waals surface area (Å²) in [6, 6.07) is 4.00. The fourth-order valence-electron chi connectivity index (χ4n) is 1.02. The first-order valence-corrected chi connectivity index (χ1v) is 4.28. The zero-order valence-electron chi connectivity index (χ0n) is 7.27. The molecule has 5 heteroatoms. The topological polar surface area (TPSA) is 25.8 Å². The summed E-state index contributed by atoms with van der Waals surface area (Å²) in [5.74, 6) is 0. The third-order valence-corrected chi connectivity index (χ3v) is 2.38. The van der Waals surface area contributed by atoms with Crippen LogP contribution in [-0.2, 0) is 0 Å². The number of hydrogen-bond acceptors (Lipinski definition) is 3. The summed E-state index contributed by atoms with van der Waals surface area (Å²) in [7, 11) is 0. The normalized spacial score (nSPS) is 9.08. The van der Waals surface area contributed by atoms with Crippen LogP contribution in [0, 0.1) is 13.8 Å². The standard InChI is InChI=1S/C8H8N2S.2ClH/c1-5-3-4-7-8(9-5)11-6(2)10-7;;/h3-4H,1-2H3;2*1H. The van der Waals surface area contributed by atoms with E-state index in [9.17, 15) is 0 Å². The molecular weight excluding hydrogens is 227 g/mol. The van der Waals surface area contributed by atoms with Crippen LogP contribution in [0.5, 0.6) is 0 Å². The van der Waals surface area contributed by atoms with Gasteiger partial charge in [0.1, 0.15) is 10.3 Å². The van der Waals surface area contributed by atoms with Gasteiger partial charge in [-0.3, -0.25) is 0 Å². The van der Waals surface area contributed by atoms with Gasteiger partial charge in [0, 0.05) is 5.69 Å². The number of aryl methyl sites for hydroxylation is 2. The molecule has 0 aliphatic heterocycles. The van der Waals surface area contributed by atoms with Crippen molar-refractivity contribution in [3.05, 3.63) is 22.8 Å². The molecule has 0 bridgehead atoms. The first kappa shape index (κ1) is 12.6. The Morgan fingerprint density at radius 1 is 1.08 bits per heavy atom. The Morgan fingerprint density at radius 2 is 1.77 bits per heavy atom. The van der Waals surface area contributed by atoms with Crippen LogP contribution in [0.1, 0.15) is 10.7 Å². The highest BCUT2D eigenvalue weighted by molar-refractivity contribution is 7.18. The molecular formula is C8H10Cl2N2S. The SMILES string of the molecule is Cc1ccc2nc(C)sc2n1.Cl.Cl. The Kier molecular flexibility index (Phi) is 4.61. The smallest absolute Gasteiger partial charge is 0.143 e. The van der Waals surface area contributed by atoms with Crippen molar-refractivity contribution in [2.24, 2.45) is 0 Å². The average Bonchev–Trinajstić information content (AvgIpc) is 2.27. The van der Waals surface area contributed by atoms with E-state index < -0.39 is 0 Å². The van der Waals surface area contributed by atoms with E-state index in [1.54, 1.807) is 11.3 Å². The summed E-state index contributed by atoms with van der Waals surface area (Å²) in [4.78, 5) is 9.71. The van der Waals surface area contributed by atoms with Crippen LogP contribution in [0.25, 0.3) is 10.3 Å². The number of thiazole rings is 1. The number of fused-ring (bicyclic) bond motifs is 1. The number of hydrogen-bond donors (Lipinski definition) is 0. The molecule has 0 fully saturated rings. The zero-order valence-corrected chi connectivity index (χ0v) is 9.72. The molecule has 2 aromatic heterocycles. The van der Waals surface area contributed by atoms with Gasteiger partial charge in [-0.05, 0) is 26.0 Å². The van der Waals surface area contributed by atoms with Crippen molar-refractivity contribution in [3.8, 4) is 0 Å². The van der Waals surface area contributed by atoms with Crippen LogP contribution < -0.4 is 0 Å². The summed E-state index contributed by atoms with van der Waals surface area (Å²) in [6.07, 6.45) is 0. The first-order valence-electron chi connectivity index (χ1n) is 3.46. The quantitative estimate of drug-likeness (QED) is 0.703. The molecule has 2 nitrogen and oxygen atoms in total. The molecule has 0 unspecified atom stereocenters. The summed E-state index contributed by atoms with van der Waals surface area (Å²) in [5, 5.41) is 1.08. The van der Waals surface area contributed by atoms with E-state index in [-0.39, 0.29) is 24.8 Å². The lowest BCUT2D eigenvalue weighted by Gasteiger charge is -1.87. The highest BCUT2D eigenvalue weighted by Crippen LogP contribution is 2.18. The van der Waals surface area contributed by atoms with Gasteiger partial charge in [-0.25, -0.2) is 9.97 Å². The lowest BCUT2D eigenvalue weighted by Crippen LogP contribution is -1.77. The van der Waals surface area contributed by atoms with Crippen LogP contribution in [0.4, 0.5) is 0 Å². The Labute approximate surface area is 93.2 Å². The van der Waals surface area contributed by atoms with Gasteiger partial charge < -0.3 is 0 Å². The number of aromatic nitrogens is 2. The molecule has 0 aliphatic carbocycles. The van der Waals surface area contributed by atoms with Gasteiger partial charge in [0.2, 0.25) is 0 Å². The summed E-state index contributed by atoms with van der Waals surface area (Å²) >= 11 is 1.64. The van der Waals surface area contributed by atoms with Crippen molar-refractivity contribution in [2.45, 2.75) is 13.8 Å². The van der Waals surface area contributed by atoms with Gasteiger partial charge >= 0.3 is 0 Å². The van der Waals surface area contributed by atoms with Gasteiger partial charge in [0.15, 0.2) is 0 Å². The van der Waals surface area contributed by atoms with Crippen molar-refractivity contribution in [1.29, 1.82) is 0 Å². The Bertz CT molecular complexity index is 400. The van der Waals surface area contributed by atoms with Crippen molar-refractivity contribution in [1.82, 2.24) is 9.97 Å². The number of nitrogens with zero attached hydrogens (tertiary/aromatic N) is 2. The predicted octanol–water partition coefficient (Wildman–Crippen LogP) is 3.15. The van der Waals surface area contributed by atoms with Crippen LogP contribution in [0.2, 0.25) is 0 Å². The van der Waals surface area contributed by atoms with E-state index in [2.05, 4.69) is 9.97 Å². The highest BCUT2D eigenvalue weighted by atomic mass is 35.5. The monoisotopic (exact) mass is 236 g/mol. The van der Waals surface area contributed by atoms with E-state index in [4.69, 9.17) is 0 Å². The molecule has 0 N–H and O–H groups in total. The maximum Gasteiger partial charge on any atom is 0.143 e. The minimum atomic E-state index is 0. The zero-order chi connectivity index (χ0) is 7.84. The third kappa shape index (κ3) is 2.53. The number of pyridine rings is 1. The second-order valence-electron chi connectivity index (χ2n) is 2.51. The lowest BCUT2D eigenvalue weighted by atomic mass is 10.4. The van der Waals surface area contributed by atoms with Crippen molar-refractivity contribution in [3.63, 3.8) is 0 Å². The molecule has 0 saturated heterocycles. The van der Waals surface area contributed by atoms with Crippen molar-refractivity contribution in [2.75, 3.05) is 0 Å². The Balaban J connectivity index is 0.000000720. The highest BCUT2D eigenvalue weighted by Gasteiger charge is 1.99. The van der Waals surface area contributed by atoms with Crippen LogP contribution in [-0.4, -0.2) is 9.97 Å². The number of halogens is 2. The molecule has 0 aromatic carbocycles. The van der Waals surface area contributed by atoms with E-state index in [0.29, 0.717) is 0 Å². The summed E-state index contributed by atoms with van der Waals surface area (Å²) < 4.78 is 0. The van der Waals surface area contributed by atoms with Crippen LogP contribution in [0.3, 0.4) is 0 Å². The fourth-order valence-corrected chi connectivity index (χ4v) is 1.85. The molecule has 2 heterocycles. The van der Waals surface area contributed by atoms with Gasteiger partial charge in [0.05, 0.1) is 5.01 Å². The van der Waals surface area contributed by atoms with E-state index in [1.165, 1.54) is 0 Å².